The molecule has 0 aliphatic carbocycles. The van der Waals surface area contributed by atoms with Crippen LogP contribution < -0.4 is 15.4 Å². The maximum absolute atomic E-state index is 11.6. The zero-order valence-corrected chi connectivity index (χ0v) is 11.4. The smallest absolute Gasteiger partial charge is 0.238 e. The van der Waals surface area contributed by atoms with Gasteiger partial charge in [0.25, 0.3) is 0 Å². The zero-order chi connectivity index (χ0) is 13.9. The number of benzene rings is 1. The molecule has 0 aliphatic rings. The van der Waals surface area contributed by atoms with Gasteiger partial charge in [-0.3, -0.25) is 4.79 Å². The third kappa shape index (κ3) is 6.62. The van der Waals surface area contributed by atoms with Gasteiger partial charge in [0.2, 0.25) is 5.91 Å². The summed E-state index contributed by atoms with van der Waals surface area (Å²) in [5.74, 6) is 0.731. The number of amides is 1. The van der Waals surface area contributed by atoms with Gasteiger partial charge in [0.15, 0.2) is 0 Å². The highest BCUT2D eigenvalue weighted by atomic mass is 16.5. The predicted molar refractivity (Wildman–Crippen MR) is 78.5 cm³/mol. The number of anilines is 1. The van der Waals surface area contributed by atoms with Crippen LogP contribution in [0.4, 0.5) is 5.69 Å². The summed E-state index contributed by atoms with van der Waals surface area (Å²) < 4.78 is 5.36. The molecule has 0 saturated heterocycles. The van der Waals surface area contributed by atoms with E-state index in [2.05, 4.69) is 24.1 Å². The molecule has 4 heteroatoms. The number of rotatable bonds is 9. The van der Waals surface area contributed by atoms with E-state index in [1.807, 2.05) is 24.3 Å². The first-order chi connectivity index (χ1) is 9.26. The lowest BCUT2D eigenvalue weighted by molar-refractivity contribution is -0.115. The molecule has 1 amide bonds. The standard InChI is InChI=1S/C15H22N2O2/c1-3-5-10-16-12-15(18)17-13-6-8-14(9-7-13)19-11-4-2/h4,6-9,16H,2-3,5,10-12H2,1H3,(H,17,18). The van der Waals surface area contributed by atoms with Crippen molar-refractivity contribution in [2.24, 2.45) is 0 Å². The Morgan fingerprint density at radius 1 is 1.37 bits per heavy atom. The molecule has 1 aromatic rings. The fourth-order valence-electron chi connectivity index (χ4n) is 1.50. The van der Waals surface area contributed by atoms with Crippen LogP contribution in [0.5, 0.6) is 5.75 Å². The molecular weight excluding hydrogens is 240 g/mol. The maximum atomic E-state index is 11.6. The number of hydrogen-bond acceptors (Lipinski definition) is 3. The van der Waals surface area contributed by atoms with Crippen LogP contribution in [0.15, 0.2) is 36.9 Å². The Labute approximate surface area is 114 Å². The molecule has 0 unspecified atom stereocenters. The first kappa shape index (κ1) is 15.2. The lowest BCUT2D eigenvalue weighted by Crippen LogP contribution is -2.28. The van der Waals surface area contributed by atoms with E-state index in [0.717, 1.165) is 30.8 Å². The number of nitrogens with one attached hydrogen (secondary N) is 2. The summed E-state index contributed by atoms with van der Waals surface area (Å²) in [6, 6.07) is 7.29. The molecule has 0 heterocycles. The lowest BCUT2D eigenvalue weighted by Gasteiger charge is -2.08. The van der Waals surface area contributed by atoms with Crippen LogP contribution in [0, 0.1) is 0 Å². The van der Waals surface area contributed by atoms with Crippen molar-refractivity contribution >= 4 is 11.6 Å². The van der Waals surface area contributed by atoms with Crippen LogP contribution >= 0.6 is 0 Å². The summed E-state index contributed by atoms with van der Waals surface area (Å²) in [7, 11) is 0. The van der Waals surface area contributed by atoms with Crippen molar-refractivity contribution in [2.75, 3.05) is 25.0 Å². The van der Waals surface area contributed by atoms with Gasteiger partial charge in [0, 0.05) is 5.69 Å². The van der Waals surface area contributed by atoms with Gasteiger partial charge in [-0.2, -0.15) is 0 Å². The van der Waals surface area contributed by atoms with E-state index in [4.69, 9.17) is 4.74 Å². The largest absolute Gasteiger partial charge is 0.490 e. The second-order valence-electron chi connectivity index (χ2n) is 4.20. The van der Waals surface area contributed by atoms with Crippen molar-refractivity contribution in [1.29, 1.82) is 0 Å². The van der Waals surface area contributed by atoms with Crippen molar-refractivity contribution < 1.29 is 9.53 Å². The third-order valence-electron chi connectivity index (χ3n) is 2.50. The number of hydrogen-bond donors (Lipinski definition) is 2. The molecule has 2 N–H and O–H groups in total. The molecule has 19 heavy (non-hydrogen) atoms. The summed E-state index contributed by atoms with van der Waals surface area (Å²) >= 11 is 0. The minimum atomic E-state index is -0.0316. The number of unbranched alkanes of at least 4 members (excludes halogenated alkanes) is 1. The summed E-state index contributed by atoms with van der Waals surface area (Å²) in [5.41, 5.74) is 0.772. The van der Waals surface area contributed by atoms with E-state index in [1.54, 1.807) is 6.08 Å². The highest BCUT2D eigenvalue weighted by molar-refractivity contribution is 5.92. The normalized spacial score (nSPS) is 9.95. The van der Waals surface area contributed by atoms with Crippen LogP contribution in [-0.2, 0) is 4.79 Å². The summed E-state index contributed by atoms with van der Waals surface area (Å²) in [6.45, 7) is 7.40. The lowest BCUT2D eigenvalue weighted by atomic mass is 10.3. The average molecular weight is 262 g/mol. The maximum Gasteiger partial charge on any atom is 0.238 e. The molecule has 1 rings (SSSR count). The van der Waals surface area contributed by atoms with Crippen molar-refractivity contribution in [3.63, 3.8) is 0 Å². The van der Waals surface area contributed by atoms with Gasteiger partial charge in [-0.15, -0.1) is 0 Å². The van der Waals surface area contributed by atoms with Crippen LogP contribution in [0.1, 0.15) is 19.8 Å². The Morgan fingerprint density at radius 2 is 2.11 bits per heavy atom. The zero-order valence-electron chi connectivity index (χ0n) is 11.4. The minimum absolute atomic E-state index is 0.0316. The number of ether oxygens (including phenoxy) is 1. The topological polar surface area (TPSA) is 50.4 Å². The second-order valence-corrected chi connectivity index (χ2v) is 4.20. The fourth-order valence-corrected chi connectivity index (χ4v) is 1.50. The Morgan fingerprint density at radius 3 is 2.74 bits per heavy atom. The van der Waals surface area contributed by atoms with Crippen LogP contribution in [0.2, 0.25) is 0 Å². The molecule has 0 aliphatic heterocycles. The van der Waals surface area contributed by atoms with Gasteiger partial charge in [0.1, 0.15) is 12.4 Å². The molecule has 1 aromatic carbocycles. The molecule has 0 aromatic heterocycles. The number of carbonyl (C=O) groups is 1. The van der Waals surface area contributed by atoms with E-state index < -0.39 is 0 Å². The van der Waals surface area contributed by atoms with E-state index in [1.165, 1.54) is 0 Å². The van der Waals surface area contributed by atoms with Gasteiger partial charge in [-0.05, 0) is 37.2 Å². The van der Waals surface area contributed by atoms with Crippen molar-refractivity contribution in [3.05, 3.63) is 36.9 Å². The van der Waals surface area contributed by atoms with Crippen LogP contribution in [0.25, 0.3) is 0 Å². The molecule has 0 fully saturated rings. The van der Waals surface area contributed by atoms with Gasteiger partial charge in [-0.1, -0.05) is 26.0 Å². The SMILES string of the molecule is C=CCOc1ccc(NC(=O)CNCCCC)cc1. The van der Waals surface area contributed by atoms with E-state index in [9.17, 15) is 4.79 Å². The molecular formula is C15H22N2O2. The van der Waals surface area contributed by atoms with Crippen molar-refractivity contribution in [3.8, 4) is 5.75 Å². The Balaban J connectivity index is 2.31. The Hall–Kier alpha value is -1.81. The molecule has 0 saturated carbocycles. The van der Waals surface area contributed by atoms with Crippen molar-refractivity contribution in [1.82, 2.24) is 5.32 Å². The second kappa shape index (κ2) is 9.16. The molecule has 0 bridgehead atoms. The fraction of sp³-hybridized carbons (Fsp3) is 0.400. The van der Waals surface area contributed by atoms with Gasteiger partial charge >= 0.3 is 0 Å². The highest BCUT2D eigenvalue weighted by Crippen LogP contribution is 2.15. The minimum Gasteiger partial charge on any atom is -0.490 e. The molecule has 104 valence electrons. The van der Waals surface area contributed by atoms with Crippen LogP contribution in [-0.4, -0.2) is 25.6 Å². The first-order valence-corrected chi connectivity index (χ1v) is 6.60. The molecule has 0 spiro atoms. The van der Waals surface area contributed by atoms with Crippen LogP contribution in [0.3, 0.4) is 0 Å². The third-order valence-corrected chi connectivity index (χ3v) is 2.50. The van der Waals surface area contributed by atoms with E-state index >= 15 is 0 Å². The first-order valence-electron chi connectivity index (χ1n) is 6.60. The summed E-state index contributed by atoms with van der Waals surface area (Å²) in [4.78, 5) is 11.6. The monoisotopic (exact) mass is 262 g/mol. The predicted octanol–water partition coefficient (Wildman–Crippen LogP) is 2.58. The molecule has 4 nitrogen and oxygen atoms in total. The highest BCUT2D eigenvalue weighted by Gasteiger charge is 2.01. The van der Waals surface area contributed by atoms with E-state index in [-0.39, 0.29) is 5.91 Å². The Bertz CT molecular complexity index is 388. The molecule has 0 radical (unpaired) electrons. The van der Waals surface area contributed by atoms with Gasteiger partial charge < -0.3 is 15.4 Å². The number of carbonyl (C=O) groups excluding carboxylic acids is 1. The van der Waals surface area contributed by atoms with Crippen molar-refractivity contribution in [2.45, 2.75) is 19.8 Å². The van der Waals surface area contributed by atoms with Gasteiger partial charge in [-0.25, -0.2) is 0 Å². The van der Waals surface area contributed by atoms with E-state index in [0.29, 0.717) is 13.2 Å². The summed E-state index contributed by atoms with van der Waals surface area (Å²) in [5, 5.41) is 5.92. The quantitative estimate of drug-likeness (QED) is 0.531. The van der Waals surface area contributed by atoms with Gasteiger partial charge in [0.05, 0.1) is 6.54 Å². The Kier molecular flexibility index (Phi) is 7.35. The average Bonchev–Trinajstić information content (AvgIpc) is 2.43. The summed E-state index contributed by atoms with van der Waals surface area (Å²) in [6.07, 6.45) is 3.90. The molecule has 0 atom stereocenters.